The van der Waals surface area contributed by atoms with Crippen molar-refractivity contribution in [3.63, 3.8) is 0 Å². The van der Waals surface area contributed by atoms with E-state index < -0.39 is 24.4 Å². The molecule has 60 valence electrons. The van der Waals surface area contributed by atoms with E-state index in [2.05, 4.69) is 0 Å². The number of carboxylic acid groups (broad SMARTS) is 2. The molecule has 0 saturated heterocycles. The molecule has 0 saturated carbocycles. The topological polar surface area (TPSA) is 138 Å². The first-order chi connectivity index (χ1) is 4.04. The molecule has 0 amide bonds. The van der Waals surface area contributed by atoms with Crippen molar-refractivity contribution in [3.8, 4) is 0 Å². The van der Waals surface area contributed by atoms with E-state index in [0.717, 1.165) is 0 Å². The van der Waals surface area contributed by atoms with Gasteiger partial charge in [0.2, 0.25) is 0 Å². The Hall–Kier alpha value is 2.13. The second kappa shape index (κ2) is 13.1. The number of carbonyl (C=O) groups is 2. The molecule has 0 aliphatic carbocycles. The fraction of sp³-hybridized carbons (Fsp3) is 0.500. The minimum absolute atomic E-state index is 0. The number of hydrogen-bond acceptors (Lipinski definition) is 5. The second-order valence-corrected chi connectivity index (χ2v) is 1.50. The Kier molecular flexibility index (Phi) is 26.0. The molecule has 8 heteroatoms. The van der Waals surface area contributed by atoms with E-state index in [1.165, 1.54) is 0 Å². The maximum atomic E-state index is 9.71. The van der Waals surface area contributed by atoms with Crippen molar-refractivity contribution < 1.29 is 128 Å². The number of hydrogen-bond donors (Lipinski definition) is 1. The predicted molar refractivity (Wildman–Crippen MR) is 26.2 cm³/mol. The van der Waals surface area contributed by atoms with Crippen molar-refractivity contribution >= 4 is 11.9 Å². The number of nitrogens with two attached hydrogens (primary N) is 1. The summed E-state index contributed by atoms with van der Waals surface area (Å²) in [5.41, 5.74) is 4.73. The number of carbonyl (C=O) groups excluding carboxylic acids is 2. The molecule has 0 aliphatic heterocycles. The van der Waals surface area contributed by atoms with Crippen LogP contribution >= 0.6 is 0 Å². The molecular formula is C4H7K2NO5. The van der Waals surface area contributed by atoms with Crippen molar-refractivity contribution in [2.45, 2.75) is 12.5 Å². The van der Waals surface area contributed by atoms with Gasteiger partial charge in [-0.25, -0.2) is 0 Å². The molecule has 0 rings (SSSR count). The van der Waals surface area contributed by atoms with Crippen molar-refractivity contribution in [2.75, 3.05) is 0 Å². The first kappa shape index (κ1) is 23.7. The third-order valence-electron chi connectivity index (χ3n) is 0.689. The molecule has 1 atom stereocenters. The average molecular weight is 227 g/mol. The molecule has 0 spiro atoms. The van der Waals surface area contributed by atoms with E-state index in [9.17, 15) is 19.8 Å². The first-order valence-corrected chi connectivity index (χ1v) is 2.20. The second-order valence-electron chi connectivity index (χ2n) is 1.50. The number of carboxylic acids is 2. The molecule has 0 bridgehead atoms. The molecule has 1 unspecified atom stereocenters. The Morgan fingerprint density at radius 2 is 1.58 bits per heavy atom. The number of aliphatic carboxylic acids is 2. The summed E-state index contributed by atoms with van der Waals surface area (Å²) in [6.45, 7) is 0. The normalized spacial score (nSPS) is 9.42. The third-order valence-corrected chi connectivity index (χ3v) is 0.689. The molecule has 0 radical (unpaired) electrons. The summed E-state index contributed by atoms with van der Waals surface area (Å²) in [5.74, 6) is -3.08. The Morgan fingerprint density at radius 3 is 1.67 bits per heavy atom. The summed E-state index contributed by atoms with van der Waals surface area (Å²) >= 11 is 0. The van der Waals surface area contributed by atoms with Crippen molar-refractivity contribution in [1.82, 2.24) is 0 Å². The largest absolute Gasteiger partial charge is 1.00 e. The SMILES string of the molecule is NC(CC(=O)[O-])C(=O)[O-].O.[K+].[K+]. The molecule has 0 aromatic rings. The van der Waals surface area contributed by atoms with Gasteiger partial charge in [0.15, 0.2) is 0 Å². The molecule has 0 aromatic heterocycles. The van der Waals surface area contributed by atoms with Crippen molar-refractivity contribution in [2.24, 2.45) is 5.73 Å². The van der Waals surface area contributed by atoms with E-state index in [1.807, 2.05) is 0 Å². The van der Waals surface area contributed by atoms with Gasteiger partial charge in [0, 0.05) is 18.4 Å². The molecule has 0 heterocycles. The van der Waals surface area contributed by atoms with Crippen LogP contribution in [0.3, 0.4) is 0 Å². The monoisotopic (exact) mass is 227 g/mol. The predicted octanol–water partition coefficient (Wildman–Crippen LogP) is -10.6. The number of rotatable bonds is 3. The molecular weight excluding hydrogens is 220 g/mol. The van der Waals surface area contributed by atoms with Crippen molar-refractivity contribution in [3.05, 3.63) is 0 Å². The van der Waals surface area contributed by atoms with Crippen LogP contribution in [0.1, 0.15) is 6.42 Å². The molecule has 0 aliphatic rings. The van der Waals surface area contributed by atoms with E-state index in [1.54, 1.807) is 0 Å². The summed E-state index contributed by atoms with van der Waals surface area (Å²) in [6, 6.07) is -1.46. The summed E-state index contributed by atoms with van der Waals surface area (Å²) in [6.07, 6.45) is -0.706. The van der Waals surface area contributed by atoms with Crippen LogP contribution in [-0.2, 0) is 9.59 Å². The minimum atomic E-state index is -1.58. The van der Waals surface area contributed by atoms with Gasteiger partial charge in [-0.1, -0.05) is 0 Å². The minimum Gasteiger partial charge on any atom is -0.550 e. The fourth-order valence-corrected chi connectivity index (χ4v) is 0.263. The van der Waals surface area contributed by atoms with Crippen LogP contribution in [0.5, 0.6) is 0 Å². The van der Waals surface area contributed by atoms with Gasteiger partial charge < -0.3 is 31.0 Å². The Balaban J connectivity index is -0.000000107. The quantitative estimate of drug-likeness (QED) is 0.477. The van der Waals surface area contributed by atoms with Gasteiger partial charge in [-0.2, -0.15) is 0 Å². The van der Waals surface area contributed by atoms with Crippen LogP contribution in [-0.4, -0.2) is 23.5 Å². The van der Waals surface area contributed by atoms with Gasteiger partial charge in [-0.3, -0.25) is 0 Å². The third kappa shape index (κ3) is 14.6. The summed E-state index contributed by atoms with van der Waals surface area (Å²) in [5, 5.41) is 19.3. The van der Waals surface area contributed by atoms with E-state index in [0.29, 0.717) is 0 Å². The molecule has 12 heavy (non-hydrogen) atoms. The summed E-state index contributed by atoms with van der Waals surface area (Å²) in [7, 11) is 0. The zero-order valence-corrected chi connectivity index (χ0v) is 13.2. The van der Waals surface area contributed by atoms with E-state index in [4.69, 9.17) is 5.73 Å². The smallest absolute Gasteiger partial charge is 0.550 e. The standard InChI is InChI=1S/C4H7NO4.2K.H2O/c5-2(4(8)9)1-3(6)7;;;/h2H,1,5H2,(H,6,7)(H,8,9);;;1H2/q;2*+1;/p-2. The van der Waals surface area contributed by atoms with Crippen molar-refractivity contribution in [1.29, 1.82) is 0 Å². The molecule has 6 nitrogen and oxygen atoms in total. The maximum absolute atomic E-state index is 9.71. The zero-order chi connectivity index (χ0) is 7.44. The average Bonchev–Trinajstić information content (AvgIpc) is 1.63. The zero-order valence-electron chi connectivity index (χ0n) is 6.99. The molecule has 4 N–H and O–H groups in total. The molecule has 0 fully saturated rings. The fourth-order valence-electron chi connectivity index (χ4n) is 0.263. The van der Waals surface area contributed by atoms with Crippen LogP contribution in [0.2, 0.25) is 0 Å². The van der Waals surface area contributed by atoms with Gasteiger partial charge in [0.1, 0.15) is 0 Å². The van der Waals surface area contributed by atoms with E-state index in [-0.39, 0.29) is 108 Å². The van der Waals surface area contributed by atoms with Crippen LogP contribution in [0.4, 0.5) is 0 Å². The maximum Gasteiger partial charge on any atom is 1.00 e. The van der Waals surface area contributed by atoms with Gasteiger partial charge in [0.25, 0.3) is 0 Å². The van der Waals surface area contributed by atoms with Crippen LogP contribution in [0.25, 0.3) is 0 Å². The first-order valence-electron chi connectivity index (χ1n) is 2.20. The van der Waals surface area contributed by atoms with E-state index >= 15 is 0 Å². The summed E-state index contributed by atoms with van der Waals surface area (Å²) in [4.78, 5) is 19.3. The van der Waals surface area contributed by atoms with Crippen LogP contribution < -0.4 is 119 Å². The van der Waals surface area contributed by atoms with Crippen LogP contribution in [0, 0.1) is 0 Å². The van der Waals surface area contributed by atoms with Gasteiger partial charge in [-0.15, -0.1) is 0 Å². The Labute approximate surface area is 154 Å². The van der Waals surface area contributed by atoms with Gasteiger partial charge in [0.05, 0.1) is 5.97 Å². The van der Waals surface area contributed by atoms with Crippen LogP contribution in [0.15, 0.2) is 0 Å². The summed E-state index contributed by atoms with van der Waals surface area (Å²) < 4.78 is 0. The Morgan fingerprint density at radius 1 is 1.25 bits per heavy atom. The van der Waals surface area contributed by atoms with Gasteiger partial charge in [-0.05, 0) is 0 Å². The molecule has 0 aromatic carbocycles. The Bertz CT molecular complexity index is 141. The van der Waals surface area contributed by atoms with Gasteiger partial charge >= 0.3 is 103 Å².